The minimum absolute atomic E-state index is 0.398. The lowest BCUT2D eigenvalue weighted by atomic mass is 10.0. The van der Waals surface area contributed by atoms with Crippen LogP contribution in [-0.4, -0.2) is 22.8 Å². The molecule has 3 rings (SSSR count). The zero-order valence-electron chi connectivity index (χ0n) is 24.1. The first kappa shape index (κ1) is 30.9. The van der Waals surface area contributed by atoms with Crippen molar-refractivity contribution in [3.63, 3.8) is 0 Å². The van der Waals surface area contributed by atoms with Gasteiger partial charge in [0, 0.05) is 18.9 Å². The van der Waals surface area contributed by atoms with Crippen LogP contribution in [0.4, 0.5) is 0 Å². The summed E-state index contributed by atoms with van der Waals surface area (Å²) in [4.78, 5) is 26.3. The SMILES string of the molecule is CCCCCCCCCCCCCCCCCCOCCc1[c]c2ccccc2cc1-n1ccc(=O)[nH]c1=O. The highest BCUT2D eigenvalue weighted by Gasteiger charge is 2.10. The fourth-order valence-electron chi connectivity index (χ4n) is 5.24. The Kier molecular flexibility index (Phi) is 14.7. The monoisotopic (exact) mass is 533 g/mol. The van der Waals surface area contributed by atoms with Crippen LogP contribution in [0.3, 0.4) is 0 Å². The molecule has 5 nitrogen and oxygen atoms in total. The molecular weight excluding hydrogens is 484 g/mol. The fourth-order valence-corrected chi connectivity index (χ4v) is 5.24. The van der Waals surface area contributed by atoms with E-state index in [-0.39, 0.29) is 0 Å². The lowest BCUT2D eigenvalue weighted by Crippen LogP contribution is -2.28. The number of aromatic nitrogens is 2. The average Bonchev–Trinajstić information content (AvgIpc) is 2.94. The standard InChI is InChI=1S/C34H49N2O3/c1-2-3-4-5-6-7-8-9-10-11-12-13-14-15-16-19-25-39-26-23-31-27-29-20-17-18-21-30(29)28-32(31)36-24-22-33(37)35-34(36)38/h17-18,20-22,24,28H,2-16,19,23,25-26H2,1H3,(H,35,37,38). The van der Waals surface area contributed by atoms with Gasteiger partial charge in [0.05, 0.1) is 12.3 Å². The molecule has 0 aliphatic rings. The van der Waals surface area contributed by atoms with Gasteiger partial charge in [-0.3, -0.25) is 14.3 Å². The highest BCUT2D eigenvalue weighted by atomic mass is 16.5. The van der Waals surface area contributed by atoms with Crippen LogP contribution < -0.4 is 11.2 Å². The number of aromatic amines is 1. The molecule has 39 heavy (non-hydrogen) atoms. The Bertz CT molecular complexity index is 1200. The number of rotatable bonds is 21. The second kappa shape index (κ2) is 18.6. The zero-order valence-corrected chi connectivity index (χ0v) is 24.1. The molecule has 0 fully saturated rings. The van der Waals surface area contributed by atoms with Gasteiger partial charge in [0.15, 0.2) is 0 Å². The lowest BCUT2D eigenvalue weighted by molar-refractivity contribution is 0.132. The second-order valence-corrected chi connectivity index (χ2v) is 10.9. The van der Waals surface area contributed by atoms with Gasteiger partial charge in [-0.15, -0.1) is 0 Å². The molecule has 0 atom stereocenters. The highest BCUT2D eigenvalue weighted by Crippen LogP contribution is 2.22. The van der Waals surface area contributed by atoms with E-state index in [1.807, 2.05) is 30.3 Å². The van der Waals surface area contributed by atoms with E-state index in [4.69, 9.17) is 4.74 Å². The normalized spacial score (nSPS) is 11.4. The highest BCUT2D eigenvalue weighted by molar-refractivity contribution is 5.85. The van der Waals surface area contributed by atoms with Crippen molar-refractivity contribution in [3.8, 4) is 5.69 Å². The summed E-state index contributed by atoms with van der Waals surface area (Å²) in [5, 5.41) is 2.01. The third-order valence-corrected chi connectivity index (χ3v) is 7.57. The van der Waals surface area contributed by atoms with E-state index in [1.54, 1.807) is 0 Å². The van der Waals surface area contributed by atoms with Crippen molar-refractivity contribution in [2.24, 2.45) is 0 Å². The molecule has 0 amide bonds. The summed E-state index contributed by atoms with van der Waals surface area (Å²) in [5.41, 5.74) is 0.807. The van der Waals surface area contributed by atoms with Gasteiger partial charge in [0.1, 0.15) is 0 Å². The van der Waals surface area contributed by atoms with Crippen LogP contribution >= 0.6 is 0 Å². The molecule has 1 heterocycles. The van der Waals surface area contributed by atoms with Crippen molar-refractivity contribution in [3.05, 3.63) is 75.1 Å². The van der Waals surface area contributed by atoms with Gasteiger partial charge >= 0.3 is 5.69 Å². The van der Waals surface area contributed by atoms with E-state index in [1.165, 1.54) is 113 Å². The van der Waals surface area contributed by atoms with Gasteiger partial charge in [-0.05, 0) is 41.3 Å². The first-order valence-electron chi connectivity index (χ1n) is 15.5. The molecule has 3 aromatic rings. The van der Waals surface area contributed by atoms with Crippen LogP contribution in [0, 0.1) is 6.07 Å². The van der Waals surface area contributed by atoms with Gasteiger partial charge in [0.2, 0.25) is 0 Å². The Hall–Kier alpha value is -2.66. The van der Waals surface area contributed by atoms with Crippen molar-refractivity contribution in [2.45, 2.75) is 116 Å². The summed E-state index contributed by atoms with van der Waals surface area (Å²) < 4.78 is 7.43. The molecule has 1 N–H and O–H groups in total. The number of hydrogen-bond acceptors (Lipinski definition) is 3. The number of H-pyrrole nitrogens is 1. The molecule has 1 radical (unpaired) electrons. The van der Waals surface area contributed by atoms with E-state index in [0.717, 1.165) is 35.1 Å². The molecule has 213 valence electrons. The Morgan fingerprint density at radius 3 is 1.95 bits per heavy atom. The lowest BCUT2D eigenvalue weighted by Gasteiger charge is -2.13. The molecule has 2 aromatic carbocycles. The predicted octanol–water partition coefficient (Wildman–Crippen LogP) is 8.30. The van der Waals surface area contributed by atoms with E-state index in [0.29, 0.717) is 13.0 Å². The summed E-state index contributed by atoms with van der Waals surface area (Å²) in [6.07, 6.45) is 24.0. The molecule has 0 saturated heterocycles. The van der Waals surface area contributed by atoms with Crippen LogP contribution in [-0.2, 0) is 11.2 Å². The van der Waals surface area contributed by atoms with Crippen LogP contribution in [0.15, 0.2) is 52.2 Å². The predicted molar refractivity (Wildman–Crippen MR) is 163 cm³/mol. The molecular formula is C34H49N2O3. The quantitative estimate of drug-likeness (QED) is 0.140. The van der Waals surface area contributed by atoms with Gasteiger partial charge < -0.3 is 4.74 Å². The third kappa shape index (κ3) is 11.5. The average molecular weight is 534 g/mol. The maximum Gasteiger partial charge on any atom is 0.332 e. The van der Waals surface area contributed by atoms with Crippen LogP contribution in [0.2, 0.25) is 0 Å². The number of benzene rings is 2. The van der Waals surface area contributed by atoms with Crippen LogP contribution in [0.1, 0.15) is 115 Å². The van der Waals surface area contributed by atoms with Crippen LogP contribution in [0.5, 0.6) is 0 Å². The summed E-state index contributed by atoms with van der Waals surface area (Å²) >= 11 is 0. The van der Waals surface area contributed by atoms with E-state index in [9.17, 15) is 9.59 Å². The van der Waals surface area contributed by atoms with Gasteiger partial charge in [-0.1, -0.05) is 128 Å². The minimum Gasteiger partial charge on any atom is -0.381 e. The minimum atomic E-state index is -0.443. The number of unbranched alkanes of at least 4 members (excludes halogenated alkanes) is 15. The van der Waals surface area contributed by atoms with Gasteiger partial charge in [-0.25, -0.2) is 4.79 Å². The van der Waals surface area contributed by atoms with Crippen molar-refractivity contribution in [1.82, 2.24) is 9.55 Å². The molecule has 5 heteroatoms. The van der Waals surface area contributed by atoms with Crippen LogP contribution in [0.25, 0.3) is 16.5 Å². The summed E-state index contributed by atoms with van der Waals surface area (Å²) in [6.45, 7) is 3.63. The molecule has 0 unspecified atom stereocenters. The largest absolute Gasteiger partial charge is 0.381 e. The van der Waals surface area contributed by atoms with Gasteiger partial charge in [-0.2, -0.15) is 0 Å². The summed E-state index contributed by atoms with van der Waals surface area (Å²) in [7, 11) is 0. The zero-order chi connectivity index (χ0) is 27.5. The Morgan fingerprint density at radius 1 is 0.744 bits per heavy atom. The Morgan fingerprint density at radius 2 is 1.33 bits per heavy atom. The van der Waals surface area contributed by atoms with Gasteiger partial charge in [0.25, 0.3) is 5.56 Å². The number of nitrogens with one attached hydrogen (secondary N) is 1. The number of ether oxygens (including phenoxy) is 1. The van der Waals surface area contributed by atoms with Crippen molar-refractivity contribution in [1.29, 1.82) is 0 Å². The van der Waals surface area contributed by atoms with E-state index in [2.05, 4.69) is 18.0 Å². The first-order chi connectivity index (χ1) is 19.2. The Balaban J connectivity index is 1.26. The number of fused-ring (bicyclic) bond motifs is 1. The molecule has 0 saturated carbocycles. The second-order valence-electron chi connectivity index (χ2n) is 10.9. The molecule has 0 spiro atoms. The third-order valence-electron chi connectivity index (χ3n) is 7.57. The Labute approximate surface area is 235 Å². The maximum atomic E-state index is 12.4. The van der Waals surface area contributed by atoms with E-state index >= 15 is 0 Å². The first-order valence-corrected chi connectivity index (χ1v) is 15.5. The summed E-state index contributed by atoms with van der Waals surface area (Å²) in [6, 6.07) is 14.8. The molecule has 0 aliphatic carbocycles. The maximum absolute atomic E-state index is 12.4. The number of hydrogen-bond donors (Lipinski definition) is 1. The molecule has 0 aliphatic heterocycles. The fraction of sp³-hybridized carbons (Fsp3) is 0.588. The van der Waals surface area contributed by atoms with Crippen molar-refractivity contribution in [2.75, 3.05) is 13.2 Å². The van der Waals surface area contributed by atoms with Crippen molar-refractivity contribution < 1.29 is 4.74 Å². The molecule has 0 bridgehead atoms. The smallest absolute Gasteiger partial charge is 0.332 e. The van der Waals surface area contributed by atoms with E-state index < -0.39 is 11.2 Å². The number of nitrogens with zero attached hydrogens (tertiary/aromatic N) is 1. The molecule has 1 aromatic heterocycles. The summed E-state index contributed by atoms with van der Waals surface area (Å²) in [5.74, 6) is 0. The van der Waals surface area contributed by atoms with Crippen molar-refractivity contribution >= 4 is 10.8 Å². The topological polar surface area (TPSA) is 64.1 Å².